The van der Waals surface area contributed by atoms with E-state index in [0.29, 0.717) is 28.2 Å². The number of azo groups is 1. The number of hydrogen-bond donors (Lipinski definition) is 2. The molecule has 3 aromatic carbocycles. The summed E-state index contributed by atoms with van der Waals surface area (Å²) in [5, 5.41) is 15.1. The minimum atomic E-state index is -0.413. The normalized spacial score (nSPS) is 11.3. The summed E-state index contributed by atoms with van der Waals surface area (Å²) >= 11 is 0. The van der Waals surface area contributed by atoms with Crippen molar-refractivity contribution in [2.75, 3.05) is 0 Å². The van der Waals surface area contributed by atoms with Crippen LogP contribution in [0, 0.1) is 12.7 Å². The monoisotopic (exact) mass is 442 g/mol. The van der Waals surface area contributed by atoms with Gasteiger partial charge in [0.25, 0.3) is 11.5 Å². The highest BCUT2D eigenvalue weighted by Gasteiger charge is 2.12. The number of aryl methyl sites for hydroxylation is 1. The highest BCUT2D eigenvalue weighted by Crippen LogP contribution is 2.19. The fraction of sp³-hybridized carbons (Fsp3) is 0.0417. The molecule has 4 aromatic rings. The van der Waals surface area contributed by atoms with Crippen LogP contribution in [0.5, 0.6) is 0 Å². The number of benzene rings is 3. The molecule has 0 saturated heterocycles. The van der Waals surface area contributed by atoms with E-state index >= 15 is 0 Å². The number of para-hydroxylation sites is 1. The van der Waals surface area contributed by atoms with Gasteiger partial charge < -0.3 is 0 Å². The topological polar surface area (TPSA) is 104 Å². The predicted molar refractivity (Wildman–Crippen MR) is 123 cm³/mol. The number of nitrogens with zero attached hydrogens (tertiary/aromatic N) is 4. The molecule has 0 saturated carbocycles. The lowest BCUT2D eigenvalue weighted by molar-refractivity contribution is 0.0955. The van der Waals surface area contributed by atoms with Crippen molar-refractivity contribution in [1.82, 2.24) is 15.2 Å². The molecule has 0 unspecified atom stereocenters. The van der Waals surface area contributed by atoms with Crippen LogP contribution >= 0.6 is 0 Å². The first-order chi connectivity index (χ1) is 16.0. The van der Waals surface area contributed by atoms with Crippen LogP contribution in [0.25, 0.3) is 5.69 Å². The van der Waals surface area contributed by atoms with Crippen molar-refractivity contribution >= 4 is 23.5 Å². The van der Waals surface area contributed by atoms with Gasteiger partial charge in [-0.2, -0.15) is 10.2 Å². The van der Waals surface area contributed by atoms with Crippen LogP contribution in [0.3, 0.4) is 0 Å². The number of hydrazone groups is 1. The molecule has 1 aromatic heterocycles. The van der Waals surface area contributed by atoms with Crippen molar-refractivity contribution in [3.63, 3.8) is 0 Å². The molecule has 0 spiro atoms. The Morgan fingerprint density at radius 3 is 2.36 bits per heavy atom. The first-order valence-electron chi connectivity index (χ1n) is 9.99. The molecule has 0 fully saturated rings. The zero-order chi connectivity index (χ0) is 23.2. The second-order valence-electron chi connectivity index (χ2n) is 7.06. The lowest BCUT2D eigenvalue weighted by Crippen LogP contribution is -2.17. The Morgan fingerprint density at radius 2 is 1.67 bits per heavy atom. The van der Waals surface area contributed by atoms with E-state index in [9.17, 15) is 14.0 Å². The zero-order valence-electron chi connectivity index (χ0n) is 17.6. The summed E-state index contributed by atoms with van der Waals surface area (Å²) in [5.74, 6) is -0.758. The third-order valence-electron chi connectivity index (χ3n) is 4.70. The maximum Gasteiger partial charge on any atom is 0.299 e. The number of aromatic nitrogens is 2. The molecule has 0 aliphatic heterocycles. The number of hydrogen-bond acceptors (Lipinski definition) is 5. The van der Waals surface area contributed by atoms with E-state index in [-0.39, 0.29) is 17.1 Å². The van der Waals surface area contributed by atoms with Crippen LogP contribution in [0.15, 0.2) is 99.0 Å². The summed E-state index contributed by atoms with van der Waals surface area (Å²) in [6, 6.07) is 21.2. The maximum atomic E-state index is 12.9. The lowest BCUT2D eigenvalue weighted by atomic mass is 10.2. The van der Waals surface area contributed by atoms with Gasteiger partial charge in [-0.3, -0.25) is 14.7 Å². The van der Waals surface area contributed by atoms with E-state index < -0.39 is 5.91 Å². The van der Waals surface area contributed by atoms with Crippen LogP contribution in [0.2, 0.25) is 0 Å². The van der Waals surface area contributed by atoms with Crippen LogP contribution in [-0.4, -0.2) is 21.9 Å². The Morgan fingerprint density at radius 1 is 0.970 bits per heavy atom. The zero-order valence-corrected chi connectivity index (χ0v) is 17.6. The standard InChI is InChI=1S/C24H19FN6O2/c1-16-22(24(33)31(30-16)21-5-3-2-4-6-21)28-27-20-13-9-18(10-14-20)23(32)29-26-15-17-7-11-19(25)12-8-17/h2-15,30H,1H3,(H,29,32)/b26-15+,28-27?. The van der Waals surface area contributed by atoms with Crippen LogP contribution in [0.4, 0.5) is 15.8 Å². The van der Waals surface area contributed by atoms with E-state index in [2.05, 4.69) is 25.9 Å². The van der Waals surface area contributed by atoms with E-state index in [1.165, 1.54) is 23.0 Å². The predicted octanol–water partition coefficient (Wildman–Crippen LogP) is 4.79. The first kappa shape index (κ1) is 21.6. The number of amides is 1. The van der Waals surface area contributed by atoms with Crippen molar-refractivity contribution in [2.24, 2.45) is 15.3 Å². The smallest absolute Gasteiger partial charge is 0.293 e. The number of rotatable bonds is 6. The molecule has 33 heavy (non-hydrogen) atoms. The van der Waals surface area contributed by atoms with Gasteiger partial charge >= 0.3 is 0 Å². The van der Waals surface area contributed by atoms with Crippen molar-refractivity contribution in [3.8, 4) is 5.69 Å². The largest absolute Gasteiger partial charge is 0.299 e. The second-order valence-corrected chi connectivity index (χ2v) is 7.06. The molecule has 0 atom stereocenters. The summed E-state index contributed by atoms with van der Waals surface area (Å²) in [4.78, 5) is 24.9. The Hall–Kier alpha value is -4.66. The average Bonchev–Trinajstić information content (AvgIpc) is 3.13. The molecule has 1 heterocycles. The van der Waals surface area contributed by atoms with Gasteiger partial charge in [-0.1, -0.05) is 30.3 Å². The number of H-pyrrole nitrogens is 1. The molecule has 4 rings (SSSR count). The molecular formula is C24H19FN6O2. The number of aromatic amines is 1. The number of carbonyl (C=O) groups is 1. The van der Waals surface area contributed by atoms with Gasteiger partial charge in [0.15, 0.2) is 5.69 Å². The quantitative estimate of drug-likeness (QED) is 0.255. The van der Waals surface area contributed by atoms with Crippen LogP contribution in [0.1, 0.15) is 21.6 Å². The molecule has 0 radical (unpaired) electrons. The van der Waals surface area contributed by atoms with Crippen molar-refractivity contribution in [1.29, 1.82) is 0 Å². The van der Waals surface area contributed by atoms with Gasteiger partial charge in [-0.05, 0) is 61.0 Å². The summed E-state index contributed by atoms with van der Waals surface area (Å²) in [6.07, 6.45) is 1.42. The van der Waals surface area contributed by atoms with Gasteiger partial charge in [-0.15, -0.1) is 5.11 Å². The Bertz CT molecular complexity index is 1370. The molecule has 0 bridgehead atoms. The lowest BCUT2D eigenvalue weighted by Gasteiger charge is -2.00. The van der Waals surface area contributed by atoms with E-state index in [1.54, 1.807) is 43.3 Å². The minimum Gasteiger partial charge on any atom is -0.293 e. The first-order valence-corrected chi connectivity index (χ1v) is 9.99. The molecule has 9 heteroatoms. The van der Waals surface area contributed by atoms with E-state index in [4.69, 9.17) is 0 Å². The highest BCUT2D eigenvalue weighted by molar-refractivity contribution is 5.95. The molecule has 0 aliphatic carbocycles. The molecule has 0 aliphatic rings. The van der Waals surface area contributed by atoms with Gasteiger partial charge in [0, 0.05) is 5.56 Å². The molecule has 1 amide bonds. The third kappa shape index (κ3) is 5.16. The van der Waals surface area contributed by atoms with Crippen molar-refractivity contribution in [3.05, 3.63) is 112 Å². The molecule has 2 N–H and O–H groups in total. The fourth-order valence-corrected chi connectivity index (χ4v) is 2.98. The summed E-state index contributed by atoms with van der Waals surface area (Å²) in [7, 11) is 0. The molecule has 8 nitrogen and oxygen atoms in total. The summed E-state index contributed by atoms with van der Waals surface area (Å²) < 4.78 is 14.3. The SMILES string of the molecule is Cc1[nH]n(-c2ccccc2)c(=O)c1N=Nc1ccc(C(=O)N/N=C/c2ccc(F)cc2)cc1. The summed E-state index contributed by atoms with van der Waals surface area (Å²) in [6.45, 7) is 1.75. The second kappa shape index (κ2) is 9.65. The number of nitrogens with one attached hydrogen (secondary N) is 2. The molecule has 164 valence electrons. The molecular weight excluding hydrogens is 423 g/mol. The Labute approximate surface area is 188 Å². The van der Waals surface area contributed by atoms with E-state index in [1.807, 2.05) is 30.3 Å². The Balaban J connectivity index is 1.42. The van der Waals surface area contributed by atoms with Gasteiger partial charge in [-0.25, -0.2) is 14.5 Å². The Kier molecular flexibility index (Phi) is 6.31. The van der Waals surface area contributed by atoms with Crippen molar-refractivity contribution in [2.45, 2.75) is 6.92 Å². The maximum absolute atomic E-state index is 12.9. The third-order valence-corrected chi connectivity index (χ3v) is 4.70. The van der Waals surface area contributed by atoms with Crippen molar-refractivity contribution < 1.29 is 9.18 Å². The average molecular weight is 442 g/mol. The van der Waals surface area contributed by atoms with Crippen LogP contribution < -0.4 is 11.0 Å². The van der Waals surface area contributed by atoms with E-state index in [0.717, 1.165) is 0 Å². The van der Waals surface area contributed by atoms with Gasteiger partial charge in [0.2, 0.25) is 0 Å². The van der Waals surface area contributed by atoms with Crippen LogP contribution in [-0.2, 0) is 0 Å². The minimum absolute atomic E-state index is 0.204. The highest BCUT2D eigenvalue weighted by atomic mass is 19.1. The van der Waals surface area contributed by atoms with Gasteiger partial charge in [0.1, 0.15) is 5.82 Å². The number of halogens is 1. The van der Waals surface area contributed by atoms with Gasteiger partial charge in [0.05, 0.1) is 23.3 Å². The fourth-order valence-electron chi connectivity index (χ4n) is 2.98. The number of carbonyl (C=O) groups excluding carboxylic acids is 1. The summed E-state index contributed by atoms with van der Waals surface area (Å²) in [5.41, 5.74) is 5.09.